The molecule has 1 N–H and O–H groups in total. The molecule has 9 nitrogen and oxygen atoms in total. The second kappa shape index (κ2) is 8.88. The van der Waals surface area contributed by atoms with Crippen LogP contribution in [0.3, 0.4) is 0 Å². The zero-order chi connectivity index (χ0) is 21.1. The Hall–Kier alpha value is -1.86. The molecule has 1 atom stereocenters. The Morgan fingerprint density at radius 3 is 2.59 bits per heavy atom. The normalized spacial score (nSPS) is 18.6. The Kier molecular flexibility index (Phi) is 6.69. The molecule has 0 aliphatic carbocycles. The third-order valence-electron chi connectivity index (χ3n) is 4.75. The molecule has 1 saturated heterocycles. The highest BCUT2D eigenvalue weighted by Crippen LogP contribution is 2.29. The van der Waals surface area contributed by atoms with Gasteiger partial charge in [-0.15, -0.1) is 11.3 Å². The number of thiophene rings is 1. The fraction of sp³-hybridized carbons (Fsp3) is 0.412. The molecule has 1 aromatic carbocycles. The van der Waals surface area contributed by atoms with Gasteiger partial charge < -0.3 is 0 Å². The molecule has 1 unspecified atom stereocenters. The third-order valence-corrected chi connectivity index (χ3v) is 9.59. The van der Waals surface area contributed by atoms with Crippen LogP contribution in [0.4, 0.5) is 5.69 Å². The van der Waals surface area contributed by atoms with Crippen LogP contribution in [0, 0.1) is 10.1 Å². The van der Waals surface area contributed by atoms with E-state index in [2.05, 4.69) is 4.72 Å². The first-order valence-electron chi connectivity index (χ1n) is 9.02. The van der Waals surface area contributed by atoms with Crippen molar-refractivity contribution in [3.8, 4) is 0 Å². The van der Waals surface area contributed by atoms with Gasteiger partial charge in [0.1, 0.15) is 4.21 Å². The SMILES string of the molecule is O=[N+]([O-])c1ccccc1S(=O)(=O)NCCC1CCCCN1S(=O)(=O)c1cccs1. The van der Waals surface area contributed by atoms with Gasteiger partial charge in [-0.3, -0.25) is 10.1 Å². The Labute approximate surface area is 173 Å². The van der Waals surface area contributed by atoms with Crippen LogP contribution in [0.1, 0.15) is 25.7 Å². The van der Waals surface area contributed by atoms with E-state index in [9.17, 15) is 26.9 Å². The first-order valence-corrected chi connectivity index (χ1v) is 12.8. The number of piperidine rings is 1. The molecule has 0 saturated carbocycles. The predicted molar refractivity (Wildman–Crippen MR) is 109 cm³/mol. The molecule has 0 radical (unpaired) electrons. The number of nitro groups is 1. The van der Waals surface area contributed by atoms with Gasteiger partial charge in [-0.1, -0.05) is 24.6 Å². The van der Waals surface area contributed by atoms with E-state index in [0.717, 1.165) is 30.2 Å². The number of nitrogens with zero attached hydrogens (tertiary/aromatic N) is 2. The van der Waals surface area contributed by atoms with Crippen molar-refractivity contribution in [2.45, 2.75) is 40.8 Å². The molecule has 1 fully saturated rings. The maximum absolute atomic E-state index is 12.9. The molecule has 1 aliphatic heterocycles. The Bertz CT molecular complexity index is 1070. The second-order valence-corrected chi connectivity index (χ2v) is 11.4. The van der Waals surface area contributed by atoms with Gasteiger partial charge in [0.15, 0.2) is 4.90 Å². The summed E-state index contributed by atoms with van der Waals surface area (Å²) in [4.78, 5) is 9.95. The van der Waals surface area contributed by atoms with Crippen molar-refractivity contribution >= 4 is 37.1 Å². The first-order chi connectivity index (χ1) is 13.7. The minimum absolute atomic E-state index is 0.0183. The quantitative estimate of drug-likeness (QED) is 0.477. The molecular weight excluding hydrogens is 438 g/mol. The van der Waals surface area contributed by atoms with E-state index in [0.29, 0.717) is 13.0 Å². The fourth-order valence-electron chi connectivity index (χ4n) is 3.38. The van der Waals surface area contributed by atoms with Crippen molar-refractivity contribution in [1.82, 2.24) is 9.03 Å². The molecule has 29 heavy (non-hydrogen) atoms. The van der Waals surface area contributed by atoms with Crippen molar-refractivity contribution in [2.24, 2.45) is 0 Å². The van der Waals surface area contributed by atoms with Crippen LogP contribution in [-0.4, -0.2) is 45.2 Å². The second-order valence-electron chi connectivity index (χ2n) is 6.61. The first kappa shape index (κ1) is 21.8. The fourth-order valence-corrected chi connectivity index (χ4v) is 7.44. The maximum Gasteiger partial charge on any atom is 0.289 e. The van der Waals surface area contributed by atoms with Gasteiger partial charge in [-0.05, 0) is 36.8 Å². The standard InChI is InChI=1S/C17H21N3O6S3/c21-20(22)15-7-1-2-8-16(15)28(23,24)18-11-10-14-6-3-4-12-19(14)29(25,26)17-9-5-13-27-17/h1-2,5,7-9,13-14,18H,3-4,6,10-12H2. The van der Waals surface area contributed by atoms with E-state index >= 15 is 0 Å². The summed E-state index contributed by atoms with van der Waals surface area (Å²) in [5.41, 5.74) is -0.500. The van der Waals surface area contributed by atoms with E-state index in [4.69, 9.17) is 0 Å². The molecule has 12 heteroatoms. The Morgan fingerprint density at radius 1 is 1.14 bits per heavy atom. The zero-order valence-corrected chi connectivity index (χ0v) is 17.9. The highest BCUT2D eigenvalue weighted by Gasteiger charge is 2.34. The topological polar surface area (TPSA) is 127 Å². The van der Waals surface area contributed by atoms with Crippen LogP contribution in [0.25, 0.3) is 0 Å². The van der Waals surface area contributed by atoms with Gasteiger partial charge in [-0.2, -0.15) is 4.31 Å². The number of rotatable bonds is 8. The molecule has 2 heterocycles. The maximum atomic E-state index is 12.9. The van der Waals surface area contributed by atoms with Crippen molar-refractivity contribution in [1.29, 1.82) is 0 Å². The monoisotopic (exact) mass is 459 g/mol. The van der Waals surface area contributed by atoms with E-state index in [1.807, 2.05) is 0 Å². The molecule has 1 aliphatic rings. The largest absolute Gasteiger partial charge is 0.289 e. The third kappa shape index (κ3) is 4.83. The van der Waals surface area contributed by atoms with Crippen LogP contribution in [0.2, 0.25) is 0 Å². The number of nitrogens with one attached hydrogen (secondary N) is 1. The minimum Gasteiger partial charge on any atom is -0.258 e. The highest BCUT2D eigenvalue weighted by molar-refractivity contribution is 7.91. The van der Waals surface area contributed by atoms with E-state index < -0.39 is 35.6 Å². The summed E-state index contributed by atoms with van der Waals surface area (Å²) in [6, 6.07) is 8.02. The number of hydrogen-bond acceptors (Lipinski definition) is 7. The van der Waals surface area contributed by atoms with E-state index in [1.165, 1.54) is 22.5 Å². The lowest BCUT2D eigenvalue weighted by Gasteiger charge is -2.34. The highest BCUT2D eigenvalue weighted by atomic mass is 32.2. The Balaban J connectivity index is 1.71. The van der Waals surface area contributed by atoms with E-state index in [-0.39, 0.29) is 23.2 Å². The molecule has 3 rings (SSSR count). The Morgan fingerprint density at radius 2 is 1.90 bits per heavy atom. The molecule has 0 amide bonds. The predicted octanol–water partition coefficient (Wildman–Crippen LogP) is 2.57. The van der Waals surface area contributed by atoms with Crippen molar-refractivity contribution in [2.75, 3.05) is 13.1 Å². The summed E-state index contributed by atoms with van der Waals surface area (Å²) in [6.07, 6.45) is 2.53. The van der Waals surface area contributed by atoms with Gasteiger partial charge in [0.25, 0.3) is 15.7 Å². The lowest BCUT2D eigenvalue weighted by molar-refractivity contribution is -0.387. The smallest absolute Gasteiger partial charge is 0.258 e. The molecule has 2 aromatic rings. The lowest BCUT2D eigenvalue weighted by atomic mass is 10.0. The van der Waals surface area contributed by atoms with Crippen LogP contribution >= 0.6 is 11.3 Å². The minimum atomic E-state index is -4.09. The number of para-hydroxylation sites is 1. The van der Waals surface area contributed by atoms with Crippen LogP contribution in [0.5, 0.6) is 0 Å². The van der Waals surface area contributed by atoms with Gasteiger partial charge >= 0.3 is 0 Å². The summed E-state index contributed by atoms with van der Waals surface area (Å²) >= 11 is 1.15. The van der Waals surface area contributed by atoms with E-state index in [1.54, 1.807) is 17.5 Å². The molecule has 158 valence electrons. The molecule has 0 spiro atoms. The number of hydrogen-bond donors (Lipinski definition) is 1. The number of nitro benzene ring substituents is 1. The van der Waals surface area contributed by atoms with Gasteiger partial charge in [-0.25, -0.2) is 21.6 Å². The molecular formula is C17H21N3O6S3. The van der Waals surface area contributed by atoms with Gasteiger partial charge in [0.05, 0.1) is 4.92 Å². The van der Waals surface area contributed by atoms with Crippen LogP contribution in [-0.2, 0) is 20.0 Å². The average Bonchev–Trinajstić information content (AvgIpc) is 3.24. The van der Waals surface area contributed by atoms with Gasteiger partial charge in [0.2, 0.25) is 10.0 Å². The lowest BCUT2D eigenvalue weighted by Crippen LogP contribution is -2.44. The summed E-state index contributed by atoms with van der Waals surface area (Å²) in [7, 11) is -7.71. The van der Waals surface area contributed by atoms with Crippen molar-refractivity contribution in [3.63, 3.8) is 0 Å². The van der Waals surface area contributed by atoms with Crippen LogP contribution in [0.15, 0.2) is 50.9 Å². The molecule has 0 bridgehead atoms. The summed E-state index contributed by atoms with van der Waals surface area (Å²) in [5.74, 6) is 0. The van der Waals surface area contributed by atoms with Crippen molar-refractivity contribution < 1.29 is 21.8 Å². The van der Waals surface area contributed by atoms with Crippen molar-refractivity contribution in [3.05, 3.63) is 51.9 Å². The average molecular weight is 460 g/mol. The summed E-state index contributed by atoms with van der Waals surface area (Å²) < 4.78 is 54.9. The number of benzene rings is 1. The number of sulfonamides is 2. The van der Waals surface area contributed by atoms with Crippen LogP contribution < -0.4 is 4.72 Å². The summed E-state index contributed by atoms with van der Waals surface area (Å²) in [5, 5.41) is 12.8. The van der Waals surface area contributed by atoms with Gasteiger partial charge in [0, 0.05) is 25.2 Å². The summed E-state index contributed by atoms with van der Waals surface area (Å²) in [6.45, 7) is 0.372. The molecule has 1 aromatic heterocycles. The zero-order valence-electron chi connectivity index (χ0n) is 15.4.